The Morgan fingerprint density at radius 1 is 1.26 bits per heavy atom. The average Bonchev–Trinajstić information content (AvgIpc) is 3.01. The maximum absolute atomic E-state index is 4.42. The van der Waals surface area contributed by atoms with E-state index in [1.54, 1.807) is 0 Å². The molecule has 0 spiro atoms. The molecule has 3 nitrogen and oxygen atoms in total. The van der Waals surface area contributed by atoms with Gasteiger partial charge >= 0.3 is 0 Å². The molecule has 0 amide bonds. The molecule has 1 aromatic rings. The topological polar surface area (TPSA) is 28.2 Å². The van der Waals surface area contributed by atoms with Gasteiger partial charge in [-0.2, -0.15) is 0 Å². The molecule has 104 valence electrons. The molecule has 0 saturated carbocycles. The minimum atomic E-state index is 0.789. The number of rotatable bonds is 4. The zero-order chi connectivity index (χ0) is 12.9. The summed E-state index contributed by atoms with van der Waals surface area (Å²) in [6, 6.07) is 7.01. The smallest absolute Gasteiger partial charge is 0.0416 e. The van der Waals surface area contributed by atoms with E-state index < -0.39 is 0 Å². The monoisotopic (exact) mass is 259 g/mol. The van der Waals surface area contributed by atoms with Gasteiger partial charge in [0.25, 0.3) is 0 Å². The lowest BCUT2D eigenvalue weighted by molar-refractivity contribution is 0.153. The summed E-state index contributed by atoms with van der Waals surface area (Å²) in [7, 11) is 0. The van der Waals surface area contributed by atoms with Crippen LogP contribution in [0.4, 0.5) is 0 Å². The van der Waals surface area contributed by atoms with Gasteiger partial charge in [-0.05, 0) is 56.8 Å². The number of piperidine rings is 1. The van der Waals surface area contributed by atoms with Gasteiger partial charge in [-0.1, -0.05) is 6.07 Å². The average molecular weight is 259 g/mol. The molecule has 0 bridgehead atoms. The minimum absolute atomic E-state index is 0.789. The Hall–Kier alpha value is -0.930. The standard InChI is InChI=1S/C16H25N3/c1-2-9-17-15(6-1)8-12-19-11-4-5-14(13-19)16-7-3-10-18-16/h1-2,6,9,14,16,18H,3-5,7-8,10-13H2. The van der Waals surface area contributed by atoms with Crippen LogP contribution in [0, 0.1) is 5.92 Å². The van der Waals surface area contributed by atoms with Gasteiger partial charge in [-0.3, -0.25) is 4.98 Å². The number of hydrogen-bond acceptors (Lipinski definition) is 3. The largest absolute Gasteiger partial charge is 0.314 e. The van der Waals surface area contributed by atoms with Crippen LogP contribution in [-0.2, 0) is 6.42 Å². The second kappa shape index (κ2) is 6.49. The van der Waals surface area contributed by atoms with Gasteiger partial charge in [0, 0.05) is 37.4 Å². The third-order valence-corrected chi connectivity index (χ3v) is 4.62. The van der Waals surface area contributed by atoms with Crippen LogP contribution in [-0.4, -0.2) is 42.1 Å². The number of likely N-dealkylation sites (tertiary alicyclic amines) is 1. The molecule has 2 aliphatic rings. The maximum Gasteiger partial charge on any atom is 0.0416 e. The normalized spacial score (nSPS) is 28.6. The summed E-state index contributed by atoms with van der Waals surface area (Å²) in [5.41, 5.74) is 1.23. The number of nitrogens with zero attached hydrogens (tertiary/aromatic N) is 2. The highest BCUT2D eigenvalue weighted by Crippen LogP contribution is 2.24. The molecule has 0 radical (unpaired) electrons. The summed E-state index contributed by atoms with van der Waals surface area (Å²) in [5.74, 6) is 0.875. The van der Waals surface area contributed by atoms with E-state index >= 15 is 0 Å². The van der Waals surface area contributed by atoms with Crippen molar-refractivity contribution in [3.05, 3.63) is 30.1 Å². The number of nitrogens with one attached hydrogen (secondary N) is 1. The highest BCUT2D eigenvalue weighted by atomic mass is 15.1. The summed E-state index contributed by atoms with van der Waals surface area (Å²) in [6.45, 7) is 4.95. The quantitative estimate of drug-likeness (QED) is 0.897. The zero-order valence-electron chi connectivity index (χ0n) is 11.7. The van der Waals surface area contributed by atoms with Crippen LogP contribution in [0.3, 0.4) is 0 Å². The van der Waals surface area contributed by atoms with E-state index in [4.69, 9.17) is 0 Å². The fourth-order valence-corrected chi connectivity index (χ4v) is 3.56. The van der Waals surface area contributed by atoms with Gasteiger partial charge in [-0.15, -0.1) is 0 Å². The van der Waals surface area contributed by atoms with E-state index in [9.17, 15) is 0 Å². The Bertz CT molecular complexity index is 373. The van der Waals surface area contributed by atoms with Crippen molar-refractivity contribution in [2.45, 2.75) is 38.1 Å². The number of hydrogen-bond donors (Lipinski definition) is 1. The zero-order valence-corrected chi connectivity index (χ0v) is 11.7. The number of aromatic nitrogens is 1. The first-order valence-corrected chi connectivity index (χ1v) is 7.77. The highest BCUT2D eigenvalue weighted by molar-refractivity contribution is 5.03. The Balaban J connectivity index is 1.48. The van der Waals surface area contributed by atoms with Crippen molar-refractivity contribution in [3.63, 3.8) is 0 Å². The first-order chi connectivity index (χ1) is 9.42. The molecule has 2 unspecified atom stereocenters. The van der Waals surface area contributed by atoms with Gasteiger partial charge in [0.05, 0.1) is 0 Å². The predicted molar refractivity (Wildman–Crippen MR) is 78.1 cm³/mol. The third-order valence-electron chi connectivity index (χ3n) is 4.62. The molecule has 2 atom stereocenters. The predicted octanol–water partition coefficient (Wildman–Crippen LogP) is 2.09. The molecule has 1 aromatic heterocycles. The fourth-order valence-electron chi connectivity index (χ4n) is 3.56. The van der Waals surface area contributed by atoms with Gasteiger partial charge < -0.3 is 10.2 Å². The minimum Gasteiger partial charge on any atom is -0.314 e. The van der Waals surface area contributed by atoms with Crippen LogP contribution >= 0.6 is 0 Å². The molecule has 3 heterocycles. The van der Waals surface area contributed by atoms with Crippen LogP contribution in [0.1, 0.15) is 31.4 Å². The lowest BCUT2D eigenvalue weighted by atomic mass is 9.89. The van der Waals surface area contributed by atoms with E-state index in [2.05, 4.69) is 27.3 Å². The summed E-state index contributed by atoms with van der Waals surface area (Å²) < 4.78 is 0. The van der Waals surface area contributed by atoms with E-state index in [-0.39, 0.29) is 0 Å². The Morgan fingerprint density at radius 3 is 3.05 bits per heavy atom. The molecule has 3 heteroatoms. The summed E-state index contributed by atoms with van der Waals surface area (Å²) >= 11 is 0. The van der Waals surface area contributed by atoms with Crippen LogP contribution in [0.2, 0.25) is 0 Å². The van der Waals surface area contributed by atoms with Crippen molar-refractivity contribution in [1.82, 2.24) is 15.2 Å². The second-order valence-corrected chi connectivity index (χ2v) is 5.98. The molecule has 2 fully saturated rings. The molecule has 3 rings (SSSR count). The van der Waals surface area contributed by atoms with Crippen molar-refractivity contribution < 1.29 is 0 Å². The summed E-state index contributed by atoms with van der Waals surface area (Å²) in [4.78, 5) is 7.06. The van der Waals surface area contributed by atoms with Crippen LogP contribution in [0.15, 0.2) is 24.4 Å². The maximum atomic E-state index is 4.42. The molecule has 19 heavy (non-hydrogen) atoms. The molecule has 0 aliphatic carbocycles. The van der Waals surface area contributed by atoms with Crippen LogP contribution < -0.4 is 5.32 Å². The molecule has 1 N–H and O–H groups in total. The summed E-state index contributed by atoms with van der Waals surface area (Å²) in [6.07, 6.45) is 8.53. The molecular weight excluding hydrogens is 234 g/mol. The fraction of sp³-hybridized carbons (Fsp3) is 0.688. The van der Waals surface area contributed by atoms with Crippen molar-refractivity contribution in [2.24, 2.45) is 5.92 Å². The first-order valence-electron chi connectivity index (χ1n) is 7.77. The Morgan fingerprint density at radius 2 is 2.26 bits per heavy atom. The van der Waals surface area contributed by atoms with Crippen molar-refractivity contribution >= 4 is 0 Å². The second-order valence-electron chi connectivity index (χ2n) is 5.98. The first kappa shape index (κ1) is 13.1. The third kappa shape index (κ3) is 3.54. The molecule has 0 aromatic carbocycles. The Labute approximate surface area is 116 Å². The van der Waals surface area contributed by atoms with E-state index in [0.29, 0.717) is 0 Å². The lowest BCUT2D eigenvalue weighted by Crippen LogP contribution is -2.44. The van der Waals surface area contributed by atoms with E-state index in [1.165, 1.54) is 57.6 Å². The van der Waals surface area contributed by atoms with Crippen LogP contribution in [0.5, 0.6) is 0 Å². The number of pyridine rings is 1. The lowest BCUT2D eigenvalue weighted by Gasteiger charge is -2.35. The molecule has 2 aliphatic heterocycles. The van der Waals surface area contributed by atoms with Crippen molar-refractivity contribution in [2.75, 3.05) is 26.2 Å². The van der Waals surface area contributed by atoms with Gasteiger partial charge in [-0.25, -0.2) is 0 Å². The van der Waals surface area contributed by atoms with Crippen molar-refractivity contribution in [3.8, 4) is 0 Å². The Kier molecular flexibility index (Phi) is 4.46. The van der Waals surface area contributed by atoms with Gasteiger partial charge in [0.15, 0.2) is 0 Å². The van der Waals surface area contributed by atoms with Gasteiger partial charge in [0.2, 0.25) is 0 Å². The van der Waals surface area contributed by atoms with E-state index in [1.807, 2.05) is 12.3 Å². The van der Waals surface area contributed by atoms with Crippen LogP contribution in [0.25, 0.3) is 0 Å². The van der Waals surface area contributed by atoms with E-state index in [0.717, 1.165) is 18.4 Å². The highest BCUT2D eigenvalue weighted by Gasteiger charge is 2.28. The van der Waals surface area contributed by atoms with Gasteiger partial charge in [0.1, 0.15) is 0 Å². The summed E-state index contributed by atoms with van der Waals surface area (Å²) in [5, 5.41) is 3.68. The molecular formula is C16H25N3. The SMILES string of the molecule is c1ccc(CCN2CCCC(C3CCCN3)C2)nc1. The molecule has 2 saturated heterocycles. The van der Waals surface area contributed by atoms with Crippen molar-refractivity contribution in [1.29, 1.82) is 0 Å².